The van der Waals surface area contributed by atoms with Crippen molar-refractivity contribution in [1.29, 1.82) is 0 Å². The fraction of sp³-hybridized carbons (Fsp3) is 0.389. The minimum atomic E-state index is -0.964. The van der Waals surface area contributed by atoms with Crippen LogP contribution in [0.5, 0.6) is 5.75 Å². The average Bonchev–Trinajstić information content (AvgIpc) is 2.54. The predicted octanol–water partition coefficient (Wildman–Crippen LogP) is 2.28. The second kappa shape index (κ2) is 5.76. The number of nitrogen functional groups attached to an aromatic ring is 1. The topological polar surface area (TPSA) is 133 Å². The Labute approximate surface area is 150 Å². The number of aromatic hydroxyl groups is 1. The highest BCUT2D eigenvalue weighted by atomic mass is 16.4. The molecule has 1 heterocycles. The van der Waals surface area contributed by atoms with Crippen molar-refractivity contribution < 1.29 is 15.0 Å². The van der Waals surface area contributed by atoms with Gasteiger partial charge in [0.1, 0.15) is 5.75 Å². The molecule has 5 rings (SSSR count). The van der Waals surface area contributed by atoms with E-state index in [1.54, 1.807) is 24.3 Å². The third kappa shape index (κ3) is 2.77. The number of carbonyl (C=O) groups is 1. The van der Waals surface area contributed by atoms with Gasteiger partial charge in [0.2, 0.25) is 0 Å². The minimum Gasteiger partial charge on any atom is -0.507 e. The van der Waals surface area contributed by atoms with Gasteiger partial charge in [-0.3, -0.25) is 0 Å². The number of amides is 1. The molecule has 0 unspecified atom stereocenters. The number of nitrogens with one attached hydrogen (secondary N) is 2. The summed E-state index contributed by atoms with van der Waals surface area (Å²) in [5.74, 6) is 0.461. The zero-order chi connectivity index (χ0) is 18.4. The van der Waals surface area contributed by atoms with Crippen LogP contribution in [0.1, 0.15) is 19.3 Å². The summed E-state index contributed by atoms with van der Waals surface area (Å²) in [6.45, 7) is 1.29. The molecule has 2 bridgehead atoms. The molecule has 3 aliphatic carbocycles. The van der Waals surface area contributed by atoms with E-state index in [0.717, 1.165) is 25.8 Å². The van der Waals surface area contributed by atoms with Crippen molar-refractivity contribution >= 4 is 17.6 Å². The van der Waals surface area contributed by atoms with E-state index in [0.29, 0.717) is 29.3 Å². The first-order valence-corrected chi connectivity index (χ1v) is 8.53. The van der Waals surface area contributed by atoms with Crippen molar-refractivity contribution in [3.63, 3.8) is 0 Å². The molecule has 0 saturated heterocycles. The van der Waals surface area contributed by atoms with E-state index in [-0.39, 0.29) is 16.6 Å². The lowest BCUT2D eigenvalue weighted by Crippen LogP contribution is -2.67. The van der Waals surface area contributed by atoms with Crippen LogP contribution in [-0.2, 0) is 0 Å². The van der Waals surface area contributed by atoms with Crippen LogP contribution in [0.15, 0.2) is 30.3 Å². The van der Waals surface area contributed by atoms with E-state index >= 15 is 0 Å². The number of hydrogen-bond acceptors (Lipinski definition) is 6. The Hall–Kier alpha value is -3.03. The number of phenolic OH excluding ortho intramolecular Hbond substituents is 1. The van der Waals surface area contributed by atoms with Crippen molar-refractivity contribution in [1.82, 2.24) is 15.5 Å². The van der Waals surface area contributed by atoms with Gasteiger partial charge >= 0.3 is 6.09 Å². The van der Waals surface area contributed by atoms with E-state index < -0.39 is 6.09 Å². The van der Waals surface area contributed by atoms with Crippen LogP contribution in [0, 0.1) is 10.8 Å². The molecule has 0 atom stereocenters. The van der Waals surface area contributed by atoms with Gasteiger partial charge in [-0.25, -0.2) is 4.79 Å². The van der Waals surface area contributed by atoms with Gasteiger partial charge in [-0.2, -0.15) is 0 Å². The molecule has 136 valence electrons. The number of benzene rings is 1. The summed E-state index contributed by atoms with van der Waals surface area (Å²) in [6.07, 6.45) is 2.07. The number of anilines is 2. The normalized spacial score (nSPS) is 25.7. The van der Waals surface area contributed by atoms with Crippen LogP contribution in [0.25, 0.3) is 11.3 Å². The van der Waals surface area contributed by atoms with Gasteiger partial charge in [0.15, 0.2) is 5.82 Å². The SMILES string of the molecule is Nc1nnc(-c2ccccc2O)cc1NCC12CC(CNC(=O)O)(C1)C2. The number of carboxylic acid groups (broad SMARTS) is 1. The fourth-order valence-electron chi connectivity index (χ4n) is 4.52. The zero-order valence-corrected chi connectivity index (χ0v) is 14.2. The molecular formula is C18H21N5O3. The number of rotatable bonds is 6. The summed E-state index contributed by atoms with van der Waals surface area (Å²) in [6, 6.07) is 8.75. The van der Waals surface area contributed by atoms with E-state index in [4.69, 9.17) is 10.8 Å². The molecule has 8 heteroatoms. The smallest absolute Gasteiger partial charge is 0.404 e. The van der Waals surface area contributed by atoms with Crippen LogP contribution >= 0.6 is 0 Å². The maximum atomic E-state index is 10.6. The highest BCUT2D eigenvalue weighted by molar-refractivity contribution is 5.73. The maximum absolute atomic E-state index is 10.6. The number of hydrogen-bond donors (Lipinski definition) is 5. The van der Waals surface area contributed by atoms with Crippen molar-refractivity contribution in [2.24, 2.45) is 10.8 Å². The van der Waals surface area contributed by atoms with Crippen molar-refractivity contribution in [2.45, 2.75) is 19.3 Å². The largest absolute Gasteiger partial charge is 0.507 e. The number of para-hydroxylation sites is 1. The molecule has 1 aromatic heterocycles. The van der Waals surface area contributed by atoms with Gasteiger partial charge in [-0.15, -0.1) is 10.2 Å². The second-order valence-corrected chi connectivity index (χ2v) is 7.59. The van der Waals surface area contributed by atoms with Crippen LogP contribution in [-0.4, -0.2) is 39.6 Å². The Balaban J connectivity index is 1.40. The number of phenols is 1. The average molecular weight is 355 g/mol. The van der Waals surface area contributed by atoms with Gasteiger partial charge in [-0.1, -0.05) is 12.1 Å². The number of nitrogens with zero attached hydrogens (tertiary/aromatic N) is 2. The lowest BCUT2D eigenvalue weighted by atomic mass is 9.35. The van der Waals surface area contributed by atoms with E-state index in [2.05, 4.69) is 20.8 Å². The second-order valence-electron chi connectivity index (χ2n) is 7.59. The Morgan fingerprint density at radius 3 is 2.54 bits per heavy atom. The van der Waals surface area contributed by atoms with Gasteiger partial charge in [0.25, 0.3) is 0 Å². The summed E-state index contributed by atoms with van der Waals surface area (Å²) in [5, 5.41) is 32.6. The van der Waals surface area contributed by atoms with Gasteiger partial charge in [0, 0.05) is 18.7 Å². The summed E-state index contributed by atoms with van der Waals surface area (Å²) in [5.41, 5.74) is 8.15. The molecule has 8 nitrogen and oxygen atoms in total. The molecule has 2 aromatic rings. The molecule has 0 radical (unpaired) electrons. The zero-order valence-electron chi connectivity index (χ0n) is 14.2. The molecule has 26 heavy (non-hydrogen) atoms. The monoisotopic (exact) mass is 355 g/mol. The van der Waals surface area contributed by atoms with Crippen molar-refractivity contribution in [2.75, 3.05) is 24.1 Å². The summed E-state index contributed by atoms with van der Waals surface area (Å²) >= 11 is 0. The summed E-state index contributed by atoms with van der Waals surface area (Å²) in [7, 11) is 0. The molecule has 0 aliphatic heterocycles. The van der Waals surface area contributed by atoms with Crippen LogP contribution in [0.4, 0.5) is 16.3 Å². The molecule has 6 N–H and O–H groups in total. The molecule has 0 spiro atoms. The Bertz CT molecular complexity index is 850. The van der Waals surface area contributed by atoms with Crippen LogP contribution in [0.2, 0.25) is 0 Å². The maximum Gasteiger partial charge on any atom is 0.404 e. The Morgan fingerprint density at radius 2 is 1.85 bits per heavy atom. The van der Waals surface area contributed by atoms with Crippen LogP contribution in [0.3, 0.4) is 0 Å². The van der Waals surface area contributed by atoms with Crippen molar-refractivity contribution in [3.05, 3.63) is 30.3 Å². The van der Waals surface area contributed by atoms with E-state index in [1.165, 1.54) is 0 Å². The number of nitrogens with two attached hydrogens (primary N) is 1. The fourth-order valence-corrected chi connectivity index (χ4v) is 4.52. The molecular weight excluding hydrogens is 334 g/mol. The Kier molecular flexibility index (Phi) is 3.64. The highest BCUT2D eigenvalue weighted by Gasteiger charge is 2.67. The first-order chi connectivity index (χ1) is 12.4. The molecule has 1 aromatic carbocycles. The lowest BCUT2D eigenvalue weighted by molar-refractivity contribution is -0.189. The van der Waals surface area contributed by atoms with Crippen molar-refractivity contribution in [3.8, 4) is 17.0 Å². The standard InChI is InChI=1S/C18H21N5O3/c19-15-13(5-12(22-23-15)11-3-1-2-4-14(11)24)20-9-17-6-18(7-17,8-17)10-21-16(25)26/h1-5,21,24H,6-10H2,(H2,19,23)(H,20,22)(H,25,26). The van der Waals surface area contributed by atoms with Gasteiger partial charge in [-0.05, 0) is 48.3 Å². The molecule has 3 aliphatic rings. The first kappa shape index (κ1) is 16.4. The van der Waals surface area contributed by atoms with Crippen LogP contribution < -0.4 is 16.4 Å². The quantitative estimate of drug-likeness (QED) is 0.537. The molecule has 3 fully saturated rings. The predicted molar refractivity (Wildman–Crippen MR) is 96.8 cm³/mol. The van der Waals surface area contributed by atoms with Gasteiger partial charge in [0.05, 0.1) is 11.4 Å². The summed E-state index contributed by atoms with van der Waals surface area (Å²) in [4.78, 5) is 10.6. The van der Waals surface area contributed by atoms with E-state index in [9.17, 15) is 9.90 Å². The highest BCUT2D eigenvalue weighted by Crippen LogP contribution is 2.72. The third-order valence-corrected chi connectivity index (χ3v) is 5.52. The number of aromatic nitrogens is 2. The summed E-state index contributed by atoms with van der Waals surface area (Å²) < 4.78 is 0. The minimum absolute atomic E-state index is 0.142. The first-order valence-electron chi connectivity index (χ1n) is 8.53. The third-order valence-electron chi connectivity index (χ3n) is 5.52. The molecule has 1 amide bonds. The van der Waals surface area contributed by atoms with E-state index in [1.807, 2.05) is 6.07 Å². The molecule has 3 saturated carbocycles. The lowest BCUT2D eigenvalue weighted by Gasteiger charge is -2.71. The van der Waals surface area contributed by atoms with Gasteiger partial charge < -0.3 is 26.6 Å². The Morgan fingerprint density at radius 1 is 1.15 bits per heavy atom.